The molecule has 14 heavy (non-hydrogen) atoms. The van der Waals surface area contributed by atoms with Crippen LogP contribution in [0.25, 0.3) is 0 Å². The Labute approximate surface area is 87.3 Å². The van der Waals surface area contributed by atoms with Crippen LogP contribution in [-0.4, -0.2) is 12.6 Å². The van der Waals surface area contributed by atoms with Crippen molar-refractivity contribution in [2.24, 2.45) is 0 Å². The summed E-state index contributed by atoms with van der Waals surface area (Å²) in [5.41, 5.74) is 0.822. The third kappa shape index (κ3) is 5.79. The van der Waals surface area contributed by atoms with Gasteiger partial charge in [0.05, 0.1) is 6.61 Å². The van der Waals surface area contributed by atoms with E-state index >= 15 is 0 Å². The van der Waals surface area contributed by atoms with Gasteiger partial charge in [-0.3, -0.25) is 0 Å². The van der Waals surface area contributed by atoms with Crippen molar-refractivity contribution < 1.29 is 9.53 Å². The molecule has 0 aromatic rings. The average molecular weight is 198 g/mol. The molecule has 0 radical (unpaired) electrons. The number of carbonyl (C=O) groups is 1. The summed E-state index contributed by atoms with van der Waals surface area (Å²) < 4.78 is 4.94. The Morgan fingerprint density at radius 2 is 1.93 bits per heavy atom. The van der Waals surface area contributed by atoms with E-state index in [4.69, 9.17) is 4.74 Å². The second-order valence-electron chi connectivity index (χ2n) is 3.30. The highest BCUT2D eigenvalue weighted by molar-refractivity contribution is 5.88. The maximum Gasteiger partial charge on any atom is 0.333 e. The normalized spacial score (nSPS) is 11.5. The molecule has 0 aromatic heterocycles. The minimum absolute atomic E-state index is 0.147. The standard InChI is InChI=1S/C12H22O2/c1-4-7-8-9-10-11(5-2)12(13)14-6-3/h10H,4-9H2,1-3H3. The summed E-state index contributed by atoms with van der Waals surface area (Å²) in [6, 6.07) is 0. The lowest BCUT2D eigenvalue weighted by Crippen LogP contribution is -2.06. The number of allylic oxidation sites excluding steroid dienone is 1. The van der Waals surface area contributed by atoms with Gasteiger partial charge in [0.15, 0.2) is 0 Å². The number of ether oxygens (including phenoxy) is 1. The molecule has 0 heterocycles. The SMILES string of the molecule is CCCCCC=C(CC)C(=O)OCC. The zero-order valence-corrected chi connectivity index (χ0v) is 9.64. The van der Waals surface area contributed by atoms with Crippen molar-refractivity contribution in [1.82, 2.24) is 0 Å². The molecule has 0 atom stereocenters. The summed E-state index contributed by atoms with van der Waals surface area (Å²) in [5, 5.41) is 0. The highest BCUT2D eigenvalue weighted by Crippen LogP contribution is 2.08. The molecule has 0 amide bonds. The van der Waals surface area contributed by atoms with E-state index in [0.29, 0.717) is 6.61 Å². The number of esters is 1. The quantitative estimate of drug-likeness (QED) is 0.356. The van der Waals surface area contributed by atoms with Crippen LogP contribution in [0.4, 0.5) is 0 Å². The van der Waals surface area contributed by atoms with E-state index < -0.39 is 0 Å². The summed E-state index contributed by atoms with van der Waals surface area (Å²) in [7, 11) is 0. The first kappa shape index (κ1) is 13.2. The van der Waals surface area contributed by atoms with Crippen LogP contribution in [0.2, 0.25) is 0 Å². The molecule has 0 rings (SSSR count). The average Bonchev–Trinajstić information content (AvgIpc) is 2.18. The molecule has 0 aliphatic rings. The minimum Gasteiger partial charge on any atom is -0.463 e. The molecule has 0 saturated heterocycles. The second-order valence-corrected chi connectivity index (χ2v) is 3.30. The predicted octanol–water partition coefficient (Wildman–Crippen LogP) is 3.47. The Kier molecular flexibility index (Phi) is 8.30. The number of carbonyl (C=O) groups excluding carboxylic acids is 1. The molecular weight excluding hydrogens is 176 g/mol. The Hall–Kier alpha value is -0.790. The Bertz CT molecular complexity index is 183. The zero-order valence-electron chi connectivity index (χ0n) is 9.64. The minimum atomic E-state index is -0.147. The maximum atomic E-state index is 11.3. The largest absolute Gasteiger partial charge is 0.463 e. The maximum absolute atomic E-state index is 11.3. The van der Waals surface area contributed by atoms with Crippen LogP contribution in [0.15, 0.2) is 11.6 Å². The van der Waals surface area contributed by atoms with E-state index in [0.717, 1.165) is 18.4 Å². The van der Waals surface area contributed by atoms with Crippen LogP contribution in [0, 0.1) is 0 Å². The third-order valence-corrected chi connectivity index (χ3v) is 2.12. The molecule has 0 aromatic carbocycles. The van der Waals surface area contributed by atoms with Crippen LogP contribution in [0.1, 0.15) is 52.9 Å². The molecule has 0 bridgehead atoms. The highest BCUT2D eigenvalue weighted by atomic mass is 16.5. The number of hydrogen-bond acceptors (Lipinski definition) is 2. The molecule has 82 valence electrons. The van der Waals surface area contributed by atoms with Gasteiger partial charge in [-0.25, -0.2) is 4.79 Å². The fourth-order valence-electron chi connectivity index (χ4n) is 1.27. The number of rotatable bonds is 7. The van der Waals surface area contributed by atoms with Crippen LogP contribution in [0.5, 0.6) is 0 Å². The zero-order chi connectivity index (χ0) is 10.8. The molecular formula is C12H22O2. The monoisotopic (exact) mass is 198 g/mol. The van der Waals surface area contributed by atoms with Crippen molar-refractivity contribution in [2.75, 3.05) is 6.61 Å². The van der Waals surface area contributed by atoms with E-state index in [1.165, 1.54) is 19.3 Å². The number of hydrogen-bond donors (Lipinski definition) is 0. The summed E-state index contributed by atoms with van der Waals surface area (Å²) in [4.78, 5) is 11.3. The fourth-order valence-corrected chi connectivity index (χ4v) is 1.27. The fraction of sp³-hybridized carbons (Fsp3) is 0.750. The smallest absolute Gasteiger partial charge is 0.333 e. The Morgan fingerprint density at radius 1 is 1.21 bits per heavy atom. The van der Waals surface area contributed by atoms with Gasteiger partial charge < -0.3 is 4.74 Å². The van der Waals surface area contributed by atoms with Crippen LogP contribution < -0.4 is 0 Å². The Morgan fingerprint density at radius 3 is 2.43 bits per heavy atom. The van der Waals surface area contributed by atoms with Crippen molar-refractivity contribution in [3.05, 3.63) is 11.6 Å². The highest BCUT2D eigenvalue weighted by Gasteiger charge is 2.06. The van der Waals surface area contributed by atoms with Gasteiger partial charge in [-0.1, -0.05) is 32.8 Å². The molecule has 0 aliphatic heterocycles. The molecule has 0 unspecified atom stereocenters. The van der Waals surface area contributed by atoms with Gasteiger partial charge in [0.2, 0.25) is 0 Å². The first-order valence-corrected chi connectivity index (χ1v) is 5.62. The Balaban J connectivity index is 3.91. The van der Waals surface area contributed by atoms with Crippen molar-refractivity contribution in [3.8, 4) is 0 Å². The molecule has 0 saturated carbocycles. The van der Waals surface area contributed by atoms with E-state index in [2.05, 4.69) is 6.92 Å². The van der Waals surface area contributed by atoms with Crippen LogP contribution in [-0.2, 0) is 9.53 Å². The van der Waals surface area contributed by atoms with Gasteiger partial charge >= 0.3 is 5.97 Å². The van der Waals surface area contributed by atoms with Crippen molar-refractivity contribution in [2.45, 2.75) is 52.9 Å². The summed E-state index contributed by atoms with van der Waals surface area (Å²) in [6.07, 6.45) is 7.40. The molecule has 0 N–H and O–H groups in total. The van der Waals surface area contributed by atoms with Crippen molar-refractivity contribution in [3.63, 3.8) is 0 Å². The van der Waals surface area contributed by atoms with E-state index in [9.17, 15) is 4.79 Å². The van der Waals surface area contributed by atoms with Gasteiger partial charge in [0.1, 0.15) is 0 Å². The van der Waals surface area contributed by atoms with Gasteiger partial charge in [-0.15, -0.1) is 0 Å². The lowest BCUT2D eigenvalue weighted by Gasteiger charge is -2.03. The van der Waals surface area contributed by atoms with E-state index in [-0.39, 0.29) is 5.97 Å². The number of unbranched alkanes of at least 4 members (excludes halogenated alkanes) is 3. The van der Waals surface area contributed by atoms with Gasteiger partial charge in [0, 0.05) is 5.57 Å². The van der Waals surface area contributed by atoms with Gasteiger partial charge in [-0.05, 0) is 26.2 Å². The third-order valence-electron chi connectivity index (χ3n) is 2.12. The topological polar surface area (TPSA) is 26.3 Å². The summed E-state index contributed by atoms with van der Waals surface area (Å²) in [5.74, 6) is -0.147. The molecule has 0 aliphatic carbocycles. The molecule has 2 heteroatoms. The molecule has 0 fully saturated rings. The van der Waals surface area contributed by atoms with Crippen LogP contribution >= 0.6 is 0 Å². The lowest BCUT2D eigenvalue weighted by atomic mass is 10.1. The van der Waals surface area contributed by atoms with E-state index in [1.54, 1.807) is 0 Å². The molecule has 2 nitrogen and oxygen atoms in total. The first-order chi connectivity index (χ1) is 6.76. The molecule has 0 spiro atoms. The lowest BCUT2D eigenvalue weighted by molar-refractivity contribution is -0.138. The predicted molar refractivity (Wildman–Crippen MR) is 59.1 cm³/mol. The van der Waals surface area contributed by atoms with Crippen molar-refractivity contribution in [1.29, 1.82) is 0 Å². The summed E-state index contributed by atoms with van der Waals surface area (Å²) >= 11 is 0. The first-order valence-electron chi connectivity index (χ1n) is 5.62. The van der Waals surface area contributed by atoms with Crippen molar-refractivity contribution >= 4 is 5.97 Å². The van der Waals surface area contributed by atoms with E-state index in [1.807, 2.05) is 19.9 Å². The van der Waals surface area contributed by atoms with Gasteiger partial charge in [-0.2, -0.15) is 0 Å². The van der Waals surface area contributed by atoms with Gasteiger partial charge in [0.25, 0.3) is 0 Å². The second kappa shape index (κ2) is 8.79. The summed E-state index contributed by atoms with van der Waals surface area (Å²) in [6.45, 7) is 6.46. The van der Waals surface area contributed by atoms with Crippen LogP contribution in [0.3, 0.4) is 0 Å².